The summed E-state index contributed by atoms with van der Waals surface area (Å²) >= 11 is 0. The molecule has 0 radical (unpaired) electrons. The summed E-state index contributed by atoms with van der Waals surface area (Å²) in [5.41, 5.74) is 2.96. The van der Waals surface area contributed by atoms with Crippen LogP contribution in [0.25, 0.3) is 0 Å². The van der Waals surface area contributed by atoms with Crippen molar-refractivity contribution in [2.24, 2.45) is 0 Å². The summed E-state index contributed by atoms with van der Waals surface area (Å²) in [5.74, 6) is -11.0. The van der Waals surface area contributed by atoms with Crippen LogP contribution in [0.4, 0.5) is 0 Å². The summed E-state index contributed by atoms with van der Waals surface area (Å²) < 4.78 is 0. The number of carboxylic acids is 8. The third-order valence-corrected chi connectivity index (χ3v) is 10.2. The van der Waals surface area contributed by atoms with Gasteiger partial charge in [-0.05, 0) is 95.9 Å². The number of carbonyl (C=O) groups excluding carboxylic acids is 4. The van der Waals surface area contributed by atoms with E-state index in [1.54, 1.807) is 0 Å². The van der Waals surface area contributed by atoms with Crippen molar-refractivity contribution in [3.63, 3.8) is 0 Å². The maximum Gasteiger partial charge on any atom is 0.307 e. The van der Waals surface area contributed by atoms with Crippen LogP contribution in [0.15, 0.2) is 6.20 Å². The number of hydrogen-bond donors (Lipinski definition) is 9. The van der Waals surface area contributed by atoms with Crippen molar-refractivity contribution in [3.8, 4) is 0 Å². The molecule has 21 nitrogen and oxygen atoms in total. The second-order valence-corrected chi connectivity index (χ2v) is 14.3. The minimum atomic E-state index is -1.49. The molecule has 0 aromatic carbocycles. The van der Waals surface area contributed by atoms with Crippen LogP contribution in [-0.4, -0.2) is 93.2 Å². The van der Waals surface area contributed by atoms with E-state index >= 15 is 0 Å². The lowest BCUT2D eigenvalue weighted by Gasteiger charge is -2.10. The fourth-order valence-corrected chi connectivity index (χ4v) is 7.72. The lowest BCUT2D eigenvalue weighted by Crippen LogP contribution is -2.23. The molecular formula is C40H42N4O17-4. The van der Waals surface area contributed by atoms with Crippen molar-refractivity contribution in [1.82, 2.24) is 19.9 Å². The van der Waals surface area contributed by atoms with Crippen molar-refractivity contribution >= 4 is 47.8 Å². The molecule has 61 heavy (non-hydrogen) atoms. The van der Waals surface area contributed by atoms with E-state index in [4.69, 9.17) is 0 Å². The van der Waals surface area contributed by atoms with E-state index in [2.05, 4.69) is 19.9 Å². The quantitative estimate of drug-likeness (QED) is 0.0281. The lowest BCUT2D eigenvalue weighted by atomic mass is 9.94. The van der Waals surface area contributed by atoms with Gasteiger partial charge in [0.15, 0.2) is 0 Å². The Morgan fingerprint density at radius 1 is 0.410 bits per heavy atom. The predicted molar refractivity (Wildman–Crippen MR) is 196 cm³/mol. The molecule has 0 amide bonds. The molecule has 0 unspecified atom stereocenters. The molecule has 0 aliphatic carbocycles. The molecule has 0 fully saturated rings. The van der Waals surface area contributed by atoms with E-state index in [1.165, 1.54) is 6.20 Å². The van der Waals surface area contributed by atoms with Crippen molar-refractivity contribution < 1.29 is 84.3 Å². The van der Waals surface area contributed by atoms with Crippen LogP contribution in [-0.2, 0) is 116 Å². The maximum absolute atomic E-state index is 12.3. The zero-order valence-corrected chi connectivity index (χ0v) is 32.5. The first-order chi connectivity index (χ1) is 28.8. The number of rotatable bonds is 27. The number of aromatic amines is 4. The number of aliphatic hydroxyl groups is 1. The molecule has 0 aliphatic rings. The zero-order valence-electron chi connectivity index (χ0n) is 32.5. The fourth-order valence-electron chi connectivity index (χ4n) is 7.72. The van der Waals surface area contributed by atoms with Crippen molar-refractivity contribution in [1.29, 1.82) is 0 Å². The number of carbonyl (C=O) groups is 8. The van der Waals surface area contributed by atoms with Gasteiger partial charge >= 0.3 is 23.9 Å². The number of aliphatic carboxylic acids is 8. The molecule has 328 valence electrons. The van der Waals surface area contributed by atoms with Gasteiger partial charge in [-0.15, -0.1) is 0 Å². The van der Waals surface area contributed by atoms with E-state index in [0.29, 0.717) is 11.3 Å². The normalized spacial score (nSPS) is 11.2. The Kier molecular flexibility index (Phi) is 15.8. The van der Waals surface area contributed by atoms with Gasteiger partial charge in [0.1, 0.15) is 0 Å². The highest BCUT2D eigenvalue weighted by Crippen LogP contribution is 2.33. The standard InChI is InChI=1S/C40H46N4O17/c45-17-32-25(12-40(60)61)21(4-8-36(52)53)29(44-32)15-31-24(11-39(58)59)20(3-7-35(50)51)28(43-31)14-30-23(10-38(56)57)19(2-6-34(48)49)27(42-30)13-26-22(9-37(54)55)18(16-41-26)1-5-33(46)47/h16,41-45H,1-15,17H2,(H,46,47)(H,48,49)(H,50,51)(H,52,53)(H,54,55)(H,56,57)(H,58,59)(H,60,61)/p-4. The summed E-state index contributed by atoms with van der Waals surface area (Å²) in [6.45, 7) is -0.668. The summed E-state index contributed by atoms with van der Waals surface area (Å²) in [5, 5.41) is 95.4. The van der Waals surface area contributed by atoms with E-state index < -0.39 is 106 Å². The fraction of sp³-hybridized carbons (Fsp3) is 0.400. The Morgan fingerprint density at radius 3 is 1.05 bits per heavy atom. The number of aryl methyl sites for hydroxylation is 1. The molecule has 21 heteroatoms. The first-order valence-electron chi connectivity index (χ1n) is 18.9. The molecule has 4 rings (SSSR count). The highest BCUT2D eigenvalue weighted by atomic mass is 16.4. The Bertz CT molecular complexity index is 2340. The molecule has 0 saturated carbocycles. The highest BCUT2D eigenvalue weighted by Gasteiger charge is 2.27. The SMILES string of the molecule is O=C([O-])CCc1c[nH]c(Cc2[nH]c(Cc3[nH]c(Cc4[nH]c(CO)c(CC(=O)O)c4CCC(=O)[O-])c(CC(=O)O)c3CCC(=O)[O-])c(CC(=O)O)c2CCC(=O)[O-])c1CC(=O)O. The van der Waals surface area contributed by atoms with Crippen LogP contribution >= 0.6 is 0 Å². The minimum Gasteiger partial charge on any atom is -0.550 e. The molecule has 0 aliphatic heterocycles. The van der Waals surface area contributed by atoms with Crippen LogP contribution in [0.2, 0.25) is 0 Å². The van der Waals surface area contributed by atoms with Crippen molar-refractivity contribution in [3.05, 3.63) is 90.6 Å². The molecular weight excluding hydrogens is 808 g/mol. The molecule has 4 aromatic rings. The number of nitrogens with one attached hydrogen (secondary N) is 4. The Morgan fingerprint density at radius 2 is 0.705 bits per heavy atom. The number of H-pyrrole nitrogens is 4. The first kappa shape index (κ1) is 46.5. The van der Waals surface area contributed by atoms with Gasteiger partial charge < -0.3 is 85.1 Å². The second kappa shape index (κ2) is 20.7. The largest absolute Gasteiger partial charge is 0.550 e. The zero-order chi connectivity index (χ0) is 45.1. The maximum atomic E-state index is 12.3. The van der Waals surface area contributed by atoms with Gasteiger partial charge in [0, 0.05) is 89.2 Å². The van der Waals surface area contributed by atoms with Gasteiger partial charge in [0.25, 0.3) is 0 Å². The summed E-state index contributed by atoms with van der Waals surface area (Å²) in [6, 6.07) is 0. The Balaban J connectivity index is 1.94. The second-order valence-electron chi connectivity index (χ2n) is 14.3. The van der Waals surface area contributed by atoms with Crippen LogP contribution in [0.1, 0.15) is 110 Å². The van der Waals surface area contributed by atoms with Crippen molar-refractivity contribution in [2.75, 3.05) is 0 Å². The number of aliphatic hydroxyl groups excluding tert-OH is 1. The van der Waals surface area contributed by atoms with Gasteiger partial charge in [-0.25, -0.2) is 0 Å². The van der Waals surface area contributed by atoms with Crippen LogP contribution < -0.4 is 20.4 Å². The van der Waals surface area contributed by atoms with Gasteiger partial charge in [-0.1, -0.05) is 0 Å². The van der Waals surface area contributed by atoms with Gasteiger partial charge in [0.2, 0.25) is 0 Å². The third kappa shape index (κ3) is 12.7. The Hall–Kier alpha value is -7.16. The predicted octanol–water partition coefficient (Wildman–Crippen LogP) is -3.50. The topological polar surface area (TPSA) is 393 Å². The highest BCUT2D eigenvalue weighted by molar-refractivity contribution is 5.75. The van der Waals surface area contributed by atoms with Gasteiger partial charge in [-0.2, -0.15) is 0 Å². The van der Waals surface area contributed by atoms with Gasteiger partial charge in [-0.3, -0.25) is 19.2 Å². The van der Waals surface area contributed by atoms with Crippen LogP contribution in [0, 0.1) is 0 Å². The van der Waals surface area contributed by atoms with E-state index in [9.17, 15) is 84.3 Å². The smallest absolute Gasteiger partial charge is 0.307 e. The van der Waals surface area contributed by atoms with E-state index in [-0.39, 0.29) is 118 Å². The summed E-state index contributed by atoms with van der Waals surface area (Å²) in [7, 11) is 0. The van der Waals surface area contributed by atoms with Crippen LogP contribution in [0.3, 0.4) is 0 Å². The van der Waals surface area contributed by atoms with E-state index in [0.717, 1.165) is 0 Å². The summed E-state index contributed by atoms with van der Waals surface area (Å²) in [4.78, 5) is 106. The molecule has 0 atom stereocenters. The van der Waals surface area contributed by atoms with Gasteiger partial charge in [0.05, 0.1) is 32.3 Å². The number of carboxylic acid groups (broad SMARTS) is 8. The lowest BCUT2D eigenvalue weighted by molar-refractivity contribution is -0.307. The van der Waals surface area contributed by atoms with E-state index in [1.807, 2.05) is 0 Å². The number of hydrogen-bond acceptors (Lipinski definition) is 13. The first-order valence-corrected chi connectivity index (χ1v) is 18.9. The molecule has 0 bridgehead atoms. The average Bonchev–Trinajstić information content (AvgIpc) is 3.86. The molecule has 0 saturated heterocycles. The number of aromatic nitrogens is 4. The van der Waals surface area contributed by atoms with Crippen LogP contribution in [0.5, 0.6) is 0 Å². The monoisotopic (exact) mass is 850 g/mol. The molecule has 9 N–H and O–H groups in total. The molecule has 4 aromatic heterocycles. The molecule has 4 heterocycles. The third-order valence-electron chi connectivity index (χ3n) is 10.2. The minimum absolute atomic E-state index is 0.0652. The summed E-state index contributed by atoms with van der Waals surface area (Å²) in [6.07, 6.45) is -4.66. The van der Waals surface area contributed by atoms with Crippen molar-refractivity contribution in [2.45, 2.75) is 103 Å². The average molecular weight is 851 g/mol. The molecule has 0 spiro atoms. The Labute approximate surface area is 345 Å².